The maximum absolute atomic E-state index is 12.5. The summed E-state index contributed by atoms with van der Waals surface area (Å²) in [4.78, 5) is 30.6. The van der Waals surface area contributed by atoms with Crippen molar-refractivity contribution in [3.8, 4) is 11.5 Å². The third-order valence-corrected chi connectivity index (χ3v) is 4.92. The van der Waals surface area contributed by atoms with Gasteiger partial charge in [-0.05, 0) is 36.4 Å². The van der Waals surface area contributed by atoms with Crippen molar-refractivity contribution in [3.63, 3.8) is 0 Å². The summed E-state index contributed by atoms with van der Waals surface area (Å²) in [5, 5.41) is 6.62. The van der Waals surface area contributed by atoms with Crippen molar-refractivity contribution < 1.29 is 23.6 Å². The second kappa shape index (κ2) is 9.29. The van der Waals surface area contributed by atoms with Crippen LogP contribution in [0.25, 0.3) is 0 Å². The van der Waals surface area contributed by atoms with E-state index in [1.165, 1.54) is 0 Å². The van der Waals surface area contributed by atoms with Crippen molar-refractivity contribution in [2.45, 2.75) is 19.6 Å². The number of carbonyl (C=O) groups is 2. The molecule has 1 aromatic heterocycles. The standard InChI is InChI=1S/C22H22N4O5/c1-29-17-7-9-18(10-8-17)30-14-19-24-20(31-25-19)12-23-22(28)15-11-21(27)26(13-15)16-5-3-2-4-6-16/h2-10,15H,11-14H2,1H3,(H,23,28). The van der Waals surface area contributed by atoms with Crippen LogP contribution in [0.2, 0.25) is 0 Å². The van der Waals surface area contributed by atoms with Gasteiger partial charge in [0.1, 0.15) is 11.5 Å². The molecule has 9 nitrogen and oxygen atoms in total. The normalized spacial score (nSPS) is 15.7. The van der Waals surface area contributed by atoms with Crippen LogP contribution in [-0.2, 0) is 22.7 Å². The Kier molecular flexibility index (Phi) is 6.11. The van der Waals surface area contributed by atoms with Crippen LogP contribution < -0.4 is 19.7 Å². The molecule has 0 aliphatic carbocycles. The Hall–Kier alpha value is -3.88. The van der Waals surface area contributed by atoms with Gasteiger partial charge in [-0.1, -0.05) is 23.4 Å². The summed E-state index contributed by atoms with van der Waals surface area (Å²) in [5.74, 6) is 1.31. The summed E-state index contributed by atoms with van der Waals surface area (Å²) < 4.78 is 15.9. The molecule has 31 heavy (non-hydrogen) atoms. The smallest absolute Gasteiger partial charge is 0.246 e. The van der Waals surface area contributed by atoms with Crippen molar-refractivity contribution in [3.05, 3.63) is 66.3 Å². The summed E-state index contributed by atoms with van der Waals surface area (Å²) in [7, 11) is 1.60. The summed E-state index contributed by atoms with van der Waals surface area (Å²) >= 11 is 0. The zero-order valence-corrected chi connectivity index (χ0v) is 17.0. The molecule has 2 heterocycles. The molecular weight excluding hydrogens is 400 g/mol. The highest BCUT2D eigenvalue weighted by Gasteiger charge is 2.35. The van der Waals surface area contributed by atoms with Crippen molar-refractivity contribution in [2.24, 2.45) is 5.92 Å². The van der Waals surface area contributed by atoms with Crippen LogP contribution >= 0.6 is 0 Å². The molecule has 1 aliphatic heterocycles. The molecule has 2 amide bonds. The van der Waals surface area contributed by atoms with Gasteiger partial charge < -0.3 is 24.2 Å². The molecule has 3 aromatic rings. The van der Waals surface area contributed by atoms with Crippen LogP contribution in [0.5, 0.6) is 11.5 Å². The summed E-state index contributed by atoms with van der Waals surface area (Å²) in [6, 6.07) is 16.5. The lowest BCUT2D eigenvalue weighted by molar-refractivity contribution is -0.126. The van der Waals surface area contributed by atoms with E-state index >= 15 is 0 Å². The Bertz CT molecular complexity index is 1040. The zero-order chi connectivity index (χ0) is 21.6. The van der Waals surface area contributed by atoms with Gasteiger partial charge in [0.25, 0.3) is 0 Å². The van der Waals surface area contributed by atoms with Crippen molar-refractivity contribution in [1.29, 1.82) is 0 Å². The number of nitrogens with one attached hydrogen (secondary N) is 1. The molecule has 0 radical (unpaired) electrons. The molecule has 1 atom stereocenters. The SMILES string of the molecule is COc1ccc(OCc2noc(CNC(=O)C3CC(=O)N(c4ccccc4)C3)n2)cc1. The minimum absolute atomic E-state index is 0.0675. The first kappa shape index (κ1) is 20.4. The minimum Gasteiger partial charge on any atom is -0.497 e. The van der Waals surface area contributed by atoms with Gasteiger partial charge in [-0.15, -0.1) is 0 Å². The minimum atomic E-state index is -0.423. The van der Waals surface area contributed by atoms with Crippen LogP contribution in [0.1, 0.15) is 18.1 Å². The number of hydrogen-bond donors (Lipinski definition) is 1. The Balaban J connectivity index is 1.25. The largest absolute Gasteiger partial charge is 0.497 e. The van der Waals surface area contributed by atoms with E-state index in [-0.39, 0.29) is 37.3 Å². The number of aromatic nitrogens is 2. The predicted molar refractivity (Wildman–Crippen MR) is 110 cm³/mol. The van der Waals surface area contributed by atoms with Gasteiger partial charge in [0.2, 0.25) is 23.5 Å². The number of para-hydroxylation sites is 1. The molecule has 9 heteroatoms. The summed E-state index contributed by atoms with van der Waals surface area (Å²) in [5.41, 5.74) is 0.793. The van der Waals surface area contributed by atoms with Crippen LogP contribution in [0.4, 0.5) is 5.69 Å². The summed E-state index contributed by atoms with van der Waals surface area (Å²) in [6.45, 7) is 0.566. The highest BCUT2D eigenvalue weighted by Crippen LogP contribution is 2.25. The first-order valence-corrected chi connectivity index (χ1v) is 9.84. The van der Waals surface area contributed by atoms with E-state index < -0.39 is 5.92 Å². The fourth-order valence-corrected chi connectivity index (χ4v) is 3.29. The molecule has 1 unspecified atom stereocenters. The fraction of sp³-hybridized carbons (Fsp3) is 0.273. The predicted octanol–water partition coefficient (Wildman–Crippen LogP) is 2.33. The number of methoxy groups -OCH3 is 1. The zero-order valence-electron chi connectivity index (χ0n) is 17.0. The molecule has 2 aromatic carbocycles. The molecule has 1 N–H and O–H groups in total. The number of benzene rings is 2. The Morgan fingerprint density at radius 3 is 2.65 bits per heavy atom. The molecule has 1 aliphatic rings. The van der Waals surface area contributed by atoms with Crippen molar-refractivity contribution >= 4 is 17.5 Å². The van der Waals surface area contributed by atoms with Gasteiger partial charge in [0.15, 0.2) is 6.61 Å². The van der Waals surface area contributed by atoms with E-state index in [1.54, 1.807) is 36.3 Å². The fourth-order valence-electron chi connectivity index (χ4n) is 3.29. The van der Waals surface area contributed by atoms with Gasteiger partial charge in [-0.2, -0.15) is 4.98 Å². The number of amides is 2. The molecule has 0 spiro atoms. The van der Waals surface area contributed by atoms with Gasteiger partial charge in [-0.3, -0.25) is 9.59 Å². The topological polar surface area (TPSA) is 107 Å². The maximum atomic E-state index is 12.5. The quantitative estimate of drug-likeness (QED) is 0.594. The molecule has 0 saturated carbocycles. The van der Waals surface area contributed by atoms with Crippen LogP contribution in [-0.4, -0.2) is 35.6 Å². The maximum Gasteiger partial charge on any atom is 0.246 e. The Morgan fingerprint density at radius 1 is 1.16 bits per heavy atom. The van der Waals surface area contributed by atoms with E-state index in [0.29, 0.717) is 18.1 Å². The number of rotatable bonds is 8. The van der Waals surface area contributed by atoms with Crippen molar-refractivity contribution in [2.75, 3.05) is 18.6 Å². The van der Waals surface area contributed by atoms with Gasteiger partial charge >= 0.3 is 0 Å². The number of anilines is 1. The van der Waals surface area contributed by atoms with Gasteiger partial charge in [0, 0.05) is 18.7 Å². The van der Waals surface area contributed by atoms with Gasteiger partial charge in [0.05, 0.1) is 19.6 Å². The molecule has 1 saturated heterocycles. The number of carbonyl (C=O) groups excluding carboxylic acids is 2. The van der Waals surface area contributed by atoms with Crippen LogP contribution in [0.3, 0.4) is 0 Å². The first-order valence-electron chi connectivity index (χ1n) is 9.84. The van der Waals surface area contributed by atoms with E-state index in [9.17, 15) is 9.59 Å². The Morgan fingerprint density at radius 2 is 1.90 bits per heavy atom. The molecule has 0 bridgehead atoms. The lowest BCUT2D eigenvalue weighted by Crippen LogP contribution is -2.32. The molecular formula is C22H22N4O5. The lowest BCUT2D eigenvalue weighted by Gasteiger charge is -2.16. The third-order valence-electron chi connectivity index (χ3n) is 4.92. The van der Waals surface area contributed by atoms with Gasteiger partial charge in [-0.25, -0.2) is 0 Å². The molecule has 160 valence electrons. The van der Waals surface area contributed by atoms with Crippen LogP contribution in [0, 0.1) is 5.92 Å². The van der Waals surface area contributed by atoms with E-state index in [4.69, 9.17) is 14.0 Å². The first-order chi connectivity index (χ1) is 15.1. The molecule has 4 rings (SSSR count). The number of hydrogen-bond acceptors (Lipinski definition) is 7. The third kappa shape index (κ3) is 5.00. The second-order valence-corrected chi connectivity index (χ2v) is 7.03. The second-order valence-electron chi connectivity index (χ2n) is 7.03. The van der Waals surface area contributed by atoms with E-state index in [2.05, 4.69) is 15.5 Å². The average molecular weight is 422 g/mol. The van der Waals surface area contributed by atoms with Crippen LogP contribution in [0.15, 0.2) is 59.1 Å². The molecule has 1 fully saturated rings. The monoisotopic (exact) mass is 422 g/mol. The average Bonchev–Trinajstić information content (AvgIpc) is 3.43. The highest BCUT2D eigenvalue weighted by atomic mass is 16.5. The lowest BCUT2D eigenvalue weighted by atomic mass is 10.1. The highest BCUT2D eigenvalue weighted by molar-refractivity contribution is 6.00. The number of nitrogens with zero attached hydrogens (tertiary/aromatic N) is 3. The van der Waals surface area contributed by atoms with E-state index in [0.717, 1.165) is 11.4 Å². The number of ether oxygens (including phenoxy) is 2. The summed E-state index contributed by atoms with van der Waals surface area (Å²) in [6.07, 6.45) is 0.172. The van der Waals surface area contributed by atoms with E-state index in [1.807, 2.05) is 30.3 Å². The van der Waals surface area contributed by atoms with Crippen molar-refractivity contribution in [1.82, 2.24) is 15.5 Å². The Labute approximate surface area is 179 Å².